The standard InChI is InChI=1S/C26H29F3N6O2/c1-24(2,37)17-10-21(33-22-15(17)6-5-7-16(22)26(27,28)29)32-20-11-18-19(13-31-20)34(4)23(36)35(18)14-8-9-25(3,30)12-14/h5-7,10-11,13-14,37H,8-9,12,30H2,1-4H3,(H,31,32,33)/t14-,25+/m1/s1/i4D3. The van der Waals surface area contributed by atoms with E-state index in [2.05, 4.69) is 15.3 Å². The summed E-state index contributed by atoms with van der Waals surface area (Å²) in [4.78, 5) is 21.8. The van der Waals surface area contributed by atoms with Crippen LogP contribution < -0.4 is 16.7 Å². The zero-order valence-electron chi connectivity index (χ0n) is 23.5. The number of nitrogens with zero attached hydrogens (tertiary/aromatic N) is 4. The molecule has 8 nitrogen and oxygen atoms in total. The first-order chi connectivity index (χ1) is 18.4. The molecule has 0 bridgehead atoms. The van der Waals surface area contributed by atoms with Crippen molar-refractivity contribution in [2.24, 2.45) is 12.7 Å². The number of aryl methyl sites for hydroxylation is 1. The van der Waals surface area contributed by atoms with Gasteiger partial charge in [0.1, 0.15) is 11.6 Å². The predicted molar refractivity (Wildman–Crippen MR) is 136 cm³/mol. The number of nitrogens with one attached hydrogen (secondary N) is 1. The molecule has 2 atom stereocenters. The number of hydrogen-bond donors (Lipinski definition) is 3. The van der Waals surface area contributed by atoms with Gasteiger partial charge in [-0.25, -0.2) is 14.8 Å². The number of nitrogens with two attached hydrogens (primary N) is 1. The lowest BCUT2D eigenvalue weighted by Gasteiger charge is -2.22. The van der Waals surface area contributed by atoms with Gasteiger partial charge in [0.2, 0.25) is 0 Å². The minimum Gasteiger partial charge on any atom is -0.386 e. The largest absolute Gasteiger partial charge is 0.418 e. The zero-order valence-corrected chi connectivity index (χ0v) is 20.5. The number of benzene rings is 1. The third-order valence-corrected chi connectivity index (χ3v) is 6.94. The van der Waals surface area contributed by atoms with E-state index in [1.54, 1.807) is 0 Å². The van der Waals surface area contributed by atoms with Crippen molar-refractivity contribution in [1.82, 2.24) is 19.1 Å². The number of imidazole rings is 1. The van der Waals surface area contributed by atoms with Crippen molar-refractivity contribution in [2.75, 3.05) is 5.32 Å². The van der Waals surface area contributed by atoms with E-state index in [-0.39, 0.29) is 39.7 Å². The summed E-state index contributed by atoms with van der Waals surface area (Å²) in [6.07, 6.45) is -1.79. The number of hydrogen-bond acceptors (Lipinski definition) is 6. The van der Waals surface area contributed by atoms with E-state index in [1.807, 2.05) is 6.92 Å². The maximum Gasteiger partial charge on any atom is 0.418 e. The number of alkyl halides is 3. The quantitative estimate of drug-likeness (QED) is 0.361. The normalized spacial score (nSPS) is 22.3. The average molecular weight is 518 g/mol. The summed E-state index contributed by atoms with van der Waals surface area (Å²) in [5.41, 5.74) is 2.83. The number of para-hydroxylation sites is 1. The highest BCUT2D eigenvalue weighted by molar-refractivity contribution is 5.88. The maximum atomic E-state index is 13.8. The Morgan fingerprint density at radius 3 is 2.59 bits per heavy atom. The van der Waals surface area contributed by atoms with Gasteiger partial charge in [-0.1, -0.05) is 12.1 Å². The summed E-state index contributed by atoms with van der Waals surface area (Å²) >= 11 is 0. The molecule has 0 saturated heterocycles. The molecule has 0 radical (unpaired) electrons. The molecule has 0 amide bonds. The minimum absolute atomic E-state index is 0.0206. The Labute approximate surface area is 215 Å². The van der Waals surface area contributed by atoms with E-state index in [9.17, 15) is 23.1 Å². The number of fused-ring (bicyclic) bond motifs is 2. The van der Waals surface area contributed by atoms with Crippen molar-refractivity contribution >= 4 is 33.6 Å². The van der Waals surface area contributed by atoms with Crippen LogP contribution in [0, 0.1) is 0 Å². The maximum absolute atomic E-state index is 13.8. The molecule has 0 aliphatic heterocycles. The van der Waals surface area contributed by atoms with E-state index in [0.29, 0.717) is 29.3 Å². The molecule has 0 unspecified atom stereocenters. The summed E-state index contributed by atoms with van der Waals surface area (Å²) in [6, 6.07) is 6.19. The van der Waals surface area contributed by atoms with Gasteiger partial charge in [0, 0.05) is 34.1 Å². The van der Waals surface area contributed by atoms with Crippen LogP contribution in [0.5, 0.6) is 0 Å². The van der Waals surface area contributed by atoms with Crippen LogP contribution in [0.15, 0.2) is 41.3 Å². The minimum atomic E-state index is -4.69. The molecule has 1 saturated carbocycles. The predicted octanol–water partition coefficient (Wildman–Crippen LogP) is 4.72. The lowest BCUT2D eigenvalue weighted by atomic mass is 9.93. The van der Waals surface area contributed by atoms with E-state index in [4.69, 9.17) is 9.85 Å². The molecular weight excluding hydrogens is 485 g/mol. The Hall–Kier alpha value is -3.44. The molecular formula is C26H29F3N6O2. The second kappa shape index (κ2) is 8.29. The lowest BCUT2D eigenvalue weighted by Crippen LogP contribution is -2.33. The second-order valence-electron chi connectivity index (χ2n) is 10.5. The van der Waals surface area contributed by atoms with Crippen molar-refractivity contribution < 1.29 is 22.4 Å². The smallest absolute Gasteiger partial charge is 0.386 e. The number of halogens is 3. The molecule has 196 valence electrons. The van der Waals surface area contributed by atoms with Crippen LogP contribution in [-0.4, -0.2) is 29.7 Å². The number of aliphatic hydroxyl groups is 1. The molecule has 3 heterocycles. The molecule has 1 aliphatic carbocycles. The molecule has 4 aromatic rings. The van der Waals surface area contributed by atoms with Crippen LogP contribution in [-0.2, 0) is 18.8 Å². The van der Waals surface area contributed by atoms with Crippen LogP contribution in [0.3, 0.4) is 0 Å². The van der Waals surface area contributed by atoms with Crippen LogP contribution >= 0.6 is 0 Å². The Kier molecular flexibility index (Phi) is 4.84. The SMILES string of the molecule is [2H]C([2H])([2H])n1c(=O)n([C@@H]2CC[C@](C)(N)C2)c2cc(Nc3cc(C(C)(C)O)c4cccc(C(F)(F)F)c4n3)ncc21. The lowest BCUT2D eigenvalue weighted by molar-refractivity contribution is -0.136. The van der Waals surface area contributed by atoms with Gasteiger partial charge >= 0.3 is 11.9 Å². The zero-order chi connectivity index (χ0) is 29.4. The molecule has 4 N–H and O–H groups in total. The van der Waals surface area contributed by atoms with Gasteiger partial charge < -0.3 is 16.2 Å². The van der Waals surface area contributed by atoms with Crippen molar-refractivity contribution in [3.8, 4) is 0 Å². The van der Waals surface area contributed by atoms with Crippen LogP contribution in [0.2, 0.25) is 0 Å². The number of anilines is 2. The summed E-state index contributed by atoms with van der Waals surface area (Å²) in [5, 5.41) is 13.8. The van der Waals surface area contributed by atoms with Gasteiger partial charge in [0.05, 0.1) is 33.9 Å². The van der Waals surface area contributed by atoms with Gasteiger partial charge in [-0.3, -0.25) is 9.13 Å². The summed E-state index contributed by atoms with van der Waals surface area (Å²) in [7, 11) is 0. The monoisotopic (exact) mass is 517 g/mol. The number of rotatable bonds is 4. The van der Waals surface area contributed by atoms with Gasteiger partial charge in [-0.2, -0.15) is 13.2 Å². The van der Waals surface area contributed by atoms with Gasteiger partial charge in [-0.15, -0.1) is 0 Å². The molecule has 5 rings (SSSR count). The van der Waals surface area contributed by atoms with Crippen molar-refractivity contribution in [1.29, 1.82) is 0 Å². The highest BCUT2D eigenvalue weighted by Crippen LogP contribution is 2.39. The molecule has 1 aromatic carbocycles. The van der Waals surface area contributed by atoms with Crippen LogP contribution in [0.4, 0.5) is 24.8 Å². The second-order valence-corrected chi connectivity index (χ2v) is 10.5. The summed E-state index contributed by atoms with van der Waals surface area (Å²) in [6.45, 7) is 2.02. The fourth-order valence-corrected chi connectivity index (χ4v) is 5.18. The first-order valence-electron chi connectivity index (χ1n) is 13.3. The highest BCUT2D eigenvalue weighted by atomic mass is 19.4. The van der Waals surface area contributed by atoms with E-state index < -0.39 is 35.5 Å². The van der Waals surface area contributed by atoms with Crippen molar-refractivity contribution in [3.63, 3.8) is 0 Å². The van der Waals surface area contributed by atoms with Gasteiger partial charge in [0.25, 0.3) is 0 Å². The average Bonchev–Trinajstić information content (AvgIpc) is 3.31. The fraction of sp³-hybridized carbons (Fsp3) is 0.423. The van der Waals surface area contributed by atoms with Crippen molar-refractivity contribution in [2.45, 2.75) is 63.4 Å². The first kappa shape index (κ1) is 21.6. The molecule has 11 heteroatoms. The Bertz CT molecular complexity index is 1690. The molecule has 1 aliphatic rings. The third-order valence-electron chi connectivity index (χ3n) is 6.94. The number of pyridine rings is 2. The highest BCUT2D eigenvalue weighted by Gasteiger charge is 2.36. The molecule has 0 spiro atoms. The topological polar surface area (TPSA) is 111 Å². The van der Waals surface area contributed by atoms with Crippen LogP contribution in [0.25, 0.3) is 21.9 Å². The van der Waals surface area contributed by atoms with Gasteiger partial charge in [0.15, 0.2) is 0 Å². The molecule has 1 fully saturated rings. The van der Waals surface area contributed by atoms with Crippen molar-refractivity contribution in [3.05, 3.63) is 58.1 Å². The fourth-order valence-electron chi connectivity index (χ4n) is 5.18. The molecule has 37 heavy (non-hydrogen) atoms. The Morgan fingerprint density at radius 1 is 1.22 bits per heavy atom. The summed E-state index contributed by atoms with van der Waals surface area (Å²) in [5.74, 6) is 0.100. The first-order valence-corrected chi connectivity index (χ1v) is 11.8. The molecule has 3 aromatic heterocycles. The van der Waals surface area contributed by atoms with Crippen LogP contribution in [0.1, 0.15) is 61.3 Å². The Balaban J connectivity index is 1.68. The summed E-state index contributed by atoms with van der Waals surface area (Å²) < 4.78 is 67.4. The Morgan fingerprint density at radius 2 is 1.97 bits per heavy atom. The van der Waals surface area contributed by atoms with E-state index in [0.717, 1.165) is 6.07 Å². The third kappa shape index (κ3) is 4.46. The van der Waals surface area contributed by atoms with E-state index >= 15 is 0 Å². The van der Waals surface area contributed by atoms with E-state index in [1.165, 1.54) is 48.9 Å². The van der Waals surface area contributed by atoms with Gasteiger partial charge in [-0.05, 0) is 57.7 Å². The number of aromatic nitrogens is 4.